The van der Waals surface area contributed by atoms with Crippen LogP contribution in [0.25, 0.3) is 0 Å². The van der Waals surface area contributed by atoms with Crippen molar-refractivity contribution in [1.82, 2.24) is 4.90 Å². The average Bonchev–Trinajstić information content (AvgIpc) is 2.90. The van der Waals surface area contributed by atoms with Crippen LogP contribution < -0.4 is 0 Å². The van der Waals surface area contributed by atoms with Crippen molar-refractivity contribution < 1.29 is 19.1 Å². The first-order chi connectivity index (χ1) is 11.8. The minimum absolute atomic E-state index is 0.232. The summed E-state index contributed by atoms with van der Waals surface area (Å²) < 4.78 is 11.0. The van der Waals surface area contributed by atoms with Gasteiger partial charge in [0.05, 0.1) is 13.2 Å². The Kier molecular flexibility index (Phi) is 11.9. The quantitative estimate of drug-likeness (QED) is 0.261. The number of hydrogen-bond acceptors (Lipinski definition) is 4. The lowest BCUT2D eigenvalue weighted by Gasteiger charge is -2.13. The molecule has 5 nitrogen and oxygen atoms in total. The summed E-state index contributed by atoms with van der Waals surface area (Å²) in [6, 6.07) is 0. The Balaban J connectivity index is 1.77. The summed E-state index contributed by atoms with van der Waals surface area (Å²) in [5.74, 6) is -0.463. The molecular weight excluding hydrogens is 306 g/mol. The molecule has 0 spiro atoms. The molecule has 0 radical (unpaired) electrons. The van der Waals surface area contributed by atoms with Gasteiger partial charge in [-0.3, -0.25) is 14.5 Å². The van der Waals surface area contributed by atoms with E-state index in [-0.39, 0.29) is 11.8 Å². The first kappa shape index (κ1) is 20.6. The van der Waals surface area contributed by atoms with E-state index in [1.807, 2.05) is 0 Å². The number of amides is 2. The fraction of sp³-hybridized carbons (Fsp3) is 0.684. The third-order valence-corrected chi connectivity index (χ3v) is 3.75. The molecule has 2 amide bonds. The van der Waals surface area contributed by atoms with Crippen molar-refractivity contribution in [3.8, 4) is 0 Å². The second-order valence-corrected chi connectivity index (χ2v) is 5.82. The Bertz CT molecular complexity index is 400. The van der Waals surface area contributed by atoms with E-state index < -0.39 is 0 Å². The van der Waals surface area contributed by atoms with Gasteiger partial charge >= 0.3 is 0 Å². The van der Waals surface area contributed by atoms with Crippen LogP contribution in [0.15, 0.2) is 24.3 Å². The third-order valence-electron chi connectivity index (χ3n) is 3.75. The van der Waals surface area contributed by atoms with Crippen molar-refractivity contribution in [3.63, 3.8) is 0 Å². The van der Waals surface area contributed by atoms with Crippen molar-refractivity contribution in [2.75, 3.05) is 33.0 Å². The number of nitrogens with zero attached hydrogens (tertiary/aromatic N) is 1. The molecule has 1 aliphatic heterocycles. The van der Waals surface area contributed by atoms with E-state index >= 15 is 0 Å². The molecule has 24 heavy (non-hydrogen) atoms. The largest absolute Gasteiger partial charge is 0.379 e. The fourth-order valence-corrected chi connectivity index (χ4v) is 2.40. The van der Waals surface area contributed by atoms with E-state index in [1.165, 1.54) is 42.7 Å². The van der Waals surface area contributed by atoms with Gasteiger partial charge in [0, 0.05) is 31.9 Å². The van der Waals surface area contributed by atoms with Crippen molar-refractivity contribution >= 4 is 11.8 Å². The Morgan fingerprint density at radius 3 is 2.12 bits per heavy atom. The molecule has 1 aliphatic rings. The lowest BCUT2D eigenvalue weighted by atomic mass is 10.1. The summed E-state index contributed by atoms with van der Waals surface area (Å²) in [4.78, 5) is 23.9. The van der Waals surface area contributed by atoms with Gasteiger partial charge in [-0.2, -0.15) is 0 Å². The first-order valence-electron chi connectivity index (χ1n) is 9.09. The van der Waals surface area contributed by atoms with Gasteiger partial charge in [0.1, 0.15) is 0 Å². The highest BCUT2D eigenvalue weighted by molar-refractivity contribution is 6.12. The third kappa shape index (κ3) is 9.63. The number of unbranched alkanes of at least 4 members (excludes halogenated alkanes) is 4. The van der Waals surface area contributed by atoms with Crippen LogP contribution in [0.2, 0.25) is 0 Å². The molecule has 0 N–H and O–H groups in total. The van der Waals surface area contributed by atoms with E-state index in [9.17, 15) is 9.59 Å². The summed E-state index contributed by atoms with van der Waals surface area (Å²) in [5, 5.41) is 0. The van der Waals surface area contributed by atoms with E-state index in [1.54, 1.807) is 0 Å². The molecule has 5 heteroatoms. The second-order valence-electron chi connectivity index (χ2n) is 5.82. The van der Waals surface area contributed by atoms with Gasteiger partial charge in [0.2, 0.25) is 0 Å². The summed E-state index contributed by atoms with van der Waals surface area (Å²) in [7, 11) is 0. The molecule has 0 saturated carbocycles. The molecule has 0 atom stereocenters. The summed E-state index contributed by atoms with van der Waals surface area (Å²) >= 11 is 0. The molecule has 0 saturated heterocycles. The average molecular weight is 337 g/mol. The zero-order valence-corrected chi connectivity index (χ0v) is 14.9. The van der Waals surface area contributed by atoms with Gasteiger partial charge in [0.15, 0.2) is 0 Å². The molecule has 0 unspecified atom stereocenters. The maximum atomic E-state index is 11.3. The molecule has 0 bridgehead atoms. The van der Waals surface area contributed by atoms with Gasteiger partial charge in [-0.05, 0) is 32.1 Å². The molecule has 0 aromatic heterocycles. The van der Waals surface area contributed by atoms with Crippen LogP contribution in [0.3, 0.4) is 0 Å². The van der Waals surface area contributed by atoms with Crippen LogP contribution in [0.5, 0.6) is 0 Å². The highest BCUT2D eigenvalue weighted by Gasteiger charge is 2.22. The zero-order valence-electron chi connectivity index (χ0n) is 14.9. The Morgan fingerprint density at radius 2 is 1.46 bits per heavy atom. The van der Waals surface area contributed by atoms with E-state index in [0.29, 0.717) is 32.8 Å². The number of allylic oxidation sites excluding steroid dienone is 2. The number of carbonyl (C=O) groups is 2. The van der Waals surface area contributed by atoms with E-state index in [0.717, 1.165) is 19.4 Å². The molecule has 0 aromatic rings. The first-order valence-corrected chi connectivity index (χ1v) is 9.09. The predicted molar refractivity (Wildman–Crippen MR) is 94.6 cm³/mol. The molecule has 0 aliphatic carbocycles. The SMILES string of the molecule is CC/C=C\CCCCCCOCCOCCCN1C(=O)C=CC1=O. The van der Waals surface area contributed by atoms with Crippen LogP contribution in [0.1, 0.15) is 51.9 Å². The van der Waals surface area contributed by atoms with E-state index in [2.05, 4.69) is 19.1 Å². The van der Waals surface area contributed by atoms with Crippen molar-refractivity contribution in [1.29, 1.82) is 0 Å². The summed E-state index contributed by atoms with van der Waals surface area (Å²) in [6.45, 7) is 5.05. The van der Waals surface area contributed by atoms with Gasteiger partial charge in [-0.25, -0.2) is 0 Å². The lowest BCUT2D eigenvalue weighted by Crippen LogP contribution is -2.31. The normalized spacial score (nSPS) is 14.5. The Morgan fingerprint density at radius 1 is 0.833 bits per heavy atom. The summed E-state index contributed by atoms with van der Waals surface area (Å²) in [5.41, 5.74) is 0. The molecule has 1 rings (SSSR count). The van der Waals surface area contributed by atoms with E-state index in [4.69, 9.17) is 9.47 Å². The van der Waals surface area contributed by atoms with Crippen LogP contribution >= 0.6 is 0 Å². The maximum absolute atomic E-state index is 11.3. The molecule has 1 heterocycles. The lowest BCUT2D eigenvalue weighted by molar-refractivity contribution is -0.137. The topological polar surface area (TPSA) is 55.8 Å². The second kappa shape index (κ2) is 13.9. The smallest absolute Gasteiger partial charge is 0.253 e. The van der Waals surface area contributed by atoms with Crippen LogP contribution in [0.4, 0.5) is 0 Å². The minimum atomic E-state index is -0.232. The number of rotatable bonds is 15. The maximum Gasteiger partial charge on any atom is 0.253 e. The van der Waals surface area contributed by atoms with Gasteiger partial charge in [-0.1, -0.05) is 31.9 Å². The molecule has 136 valence electrons. The predicted octanol–water partition coefficient (Wildman–Crippen LogP) is 3.25. The van der Waals surface area contributed by atoms with Crippen molar-refractivity contribution in [2.24, 2.45) is 0 Å². The van der Waals surface area contributed by atoms with Crippen LogP contribution in [-0.2, 0) is 19.1 Å². The highest BCUT2D eigenvalue weighted by Crippen LogP contribution is 2.05. The standard InChI is InChI=1S/C19H31NO4/c1-2-3-4-5-6-7-8-9-14-23-16-17-24-15-10-13-20-18(21)11-12-19(20)22/h3-4,11-12H,2,5-10,13-17H2,1H3/b4-3-. The monoisotopic (exact) mass is 337 g/mol. The Hall–Kier alpha value is -1.46. The van der Waals surface area contributed by atoms with Crippen LogP contribution in [0, 0.1) is 0 Å². The molecular formula is C19H31NO4. The molecule has 0 fully saturated rings. The number of hydrogen-bond donors (Lipinski definition) is 0. The summed E-state index contributed by atoms with van der Waals surface area (Å²) in [6.07, 6.45) is 14.9. The minimum Gasteiger partial charge on any atom is -0.379 e. The van der Waals surface area contributed by atoms with Crippen LogP contribution in [-0.4, -0.2) is 49.7 Å². The zero-order chi connectivity index (χ0) is 17.5. The van der Waals surface area contributed by atoms with Crippen molar-refractivity contribution in [3.05, 3.63) is 24.3 Å². The number of ether oxygens (including phenoxy) is 2. The van der Waals surface area contributed by atoms with Gasteiger partial charge < -0.3 is 9.47 Å². The highest BCUT2D eigenvalue weighted by atomic mass is 16.5. The fourth-order valence-electron chi connectivity index (χ4n) is 2.40. The number of imide groups is 1. The Labute approximate surface area is 145 Å². The number of carbonyl (C=O) groups excluding carboxylic acids is 2. The van der Waals surface area contributed by atoms with Gasteiger partial charge in [0.25, 0.3) is 11.8 Å². The van der Waals surface area contributed by atoms with Gasteiger partial charge in [-0.15, -0.1) is 0 Å². The van der Waals surface area contributed by atoms with Crippen molar-refractivity contribution in [2.45, 2.75) is 51.9 Å². The molecule has 0 aromatic carbocycles.